The van der Waals surface area contributed by atoms with Gasteiger partial charge in [-0.2, -0.15) is 4.37 Å². The average molecular weight is 240 g/mol. The van der Waals surface area contributed by atoms with E-state index >= 15 is 0 Å². The lowest BCUT2D eigenvalue weighted by molar-refractivity contribution is 0.269. The fourth-order valence-corrected chi connectivity index (χ4v) is 2.78. The molecular formula is C11H20N4S. The van der Waals surface area contributed by atoms with Crippen molar-refractivity contribution in [3.63, 3.8) is 0 Å². The summed E-state index contributed by atoms with van der Waals surface area (Å²) in [4.78, 5) is 2.53. The molecule has 0 aromatic carbocycles. The highest BCUT2D eigenvalue weighted by Gasteiger charge is 2.18. The fourth-order valence-electron chi connectivity index (χ4n) is 2.06. The highest BCUT2D eigenvalue weighted by Crippen LogP contribution is 2.25. The molecule has 1 fully saturated rings. The summed E-state index contributed by atoms with van der Waals surface area (Å²) in [6, 6.07) is 0.588. The zero-order chi connectivity index (χ0) is 11.5. The van der Waals surface area contributed by atoms with E-state index in [0.717, 1.165) is 17.1 Å². The van der Waals surface area contributed by atoms with Crippen molar-refractivity contribution >= 4 is 22.4 Å². The van der Waals surface area contributed by atoms with Crippen LogP contribution >= 0.6 is 11.5 Å². The molecule has 16 heavy (non-hydrogen) atoms. The zero-order valence-electron chi connectivity index (χ0n) is 9.99. The van der Waals surface area contributed by atoms with E-state index in [1.165, 1.54) is 37.5 Å². The van der Waals surface area contributed by atoms with Crippen LogP contribution in [-0.2, 0) is 0 Å². The number of rotatable bonds is 4. The van der Waals surface area contributed by atoms with Gasteiger partial charge in [0.15, 0.2) is 0 Å². The van der Waals surface area contributed by atoms with Crippen molar-refractivity contribution in [1.29, 1.82) is 0 Å². The maximum atomic E-state index is 5.72. The molecule has 2 rings (SSSR count). The van der Waals surface area contributed by atoms with Gasteiger partial charge < -0.3 is 11.1 Å². The minimum Gasteiger partial charge on any atom is -0.383 e. The third-order valence-electron chi connectivity index (χ3n) is 3.28. The van der Waals surface area contributed by atoms with Crippen LogP contribution in [0.1, 0.15) is 25.3 Å². The summed E-state index contributed by atoms with van der Waals surface area (Å²) in [6.07, 6.45) is 2.69. The maximum absolute atomic E-state index is 5.72. The van der Waals surface area contributed by atoms with Crippen molar-refractivity contribution in [3.05, 3.63) is 5.56 Å². The minimum atomic E-state index is 0.588. The second kappa shape index (κ2) is 5.01. The normalized spacial score (nSPS) is 18.9. The first kappa shape index (κ1) is 11.7. The summed E-state index contributed by atoms with van der Waals surface area (Å²) in [5.74, 6) is 0.654. The molecule has 1 aromatic heterocycles. The molecule has 5 heteroatoms. The zero-order valence-corrected chi connectivity index (χ0v) is 10.8. The summed E-state index contributed by atoms with van der Waals surface area (Å²) in [7, 11) is 0. The van der Waals surface area contributed by atoms with E-state index in [1.807, 2.05) is 6.92 Å². The lowest BCUT2D eigenvalue weighted by Gasteiger charge is -2.23. The Bertz CT molecular complexity index is 344. The molecule has 2 heterocycles. The first-order chi connectivity index (χ1) is 7.68. The van der Waals surface area contributed by atoms with E-state index in [9.17, 15) is 0 Å². The van der Waals surface area contributed by atoms with Crippen LogP contribution in [0.3, 0.4) is 0 Å². The first-order valence-electron chi connectivity index (χ1n) is 5.88. The molecule has 1 unspecified atom stereocenters. The average Bonchev–Trinajstić information content (AvgIpc) is 2.89. The van der Waals surface area contributed by atoms with Gasteiger partial charge >= 0.3 is 0 Å². The van der Waals surface area contributed by atoms with E-state index in [2.05, 4.69) is 21.5 Å². The van der Waals surface area contributed by atoms with Gasteiger partial charge in [-0.25, -0.2) is 0 Å². The summed E-state index contributed by atoms with van der Waals surface area (Å²) in [5, 5.41) is 4.56. The summed E-state index contributed by atoms with van der Waals surface area (Å²) < 4.78 is 4.13. The molecule has 0 bridgehead atoms. The molecule has 0 spiro atoms. The third kappa shape index (κ3) is 2.47. The van der Waals surface area contributed by atoms with Crippen molar-refractivity contribution in [1.82, 2.24) is 9.27 Å². The van der Waals surface area contributed by atoms with E-state index in [4.69, 9.17) is 5.73 Å². The van der Waals surface area contributed by atoms with Gasteiger partial charge in [0.2, 0.25) is 0 Å². The number of anilines is 2. The van der Waals surface area contributed by atoms with Crippen molar-refractivity contribution < 1.29 is 0 Å². The molecule has 0 aliphatic carbocycles. The lowest BCUT2D eigenvalue weighted by Crippen LogP contribution is -2.35. The van der Waals surface area contributed by atoms with Crippen molar-refractivity contribution in [3.8, 4) is 0 Å². The van der Waals surface area contributed by atoms with Crippen molar-refractivity contribution in [2.24, 2.45) is 0 Å². The van der Waals surface area contributed by atoms with Gasteiger partial charge in [-0.1, -0.05) is 0 Å². The fraction of sp³-hybridized carbons (Fsp3) is 0.727. The van der Waals surface area contributed by atoms with Crippen LogP contribution in [0.4, 0.5) is 10.8 Å². The molecule has 1 aliphatic heterocycles. The van der Waals surface area contributed by atoms with Gasteiger partial charge in [0.1, 0.15) is 10.8 Å². The molecule has 0 amide bonds. The highest BCUT2D eigenvalue weighted by molar-refractivity contribution is 7.10. The van der Waals surface area contributed by atoms with Gasteiger partial charge in [-0.05, 0) is 51.3 Å². The van der Waals surface area contributed by atoms with E-state index < -0.39 is 0 Å². The van der Waals surface area contributed by atoms with E-state index in [1.54, 1.807) is 0 Å². The predicted octanol–water partition coefficient (Wildman–Crippen LogP) is 1.93. The van der Waals surface area contributed by atoms with Gasteiger partial charge in [-0.3, -0.25) is 4.90 Å². The SMILES string of the molecule is Cc1c(N)nsc1NCC(C)N1CCCC1. The van der Waals surface area contributed by atoms with Crippen LogP contribution < -0.4 is 11.1 Å². The van der Waals surface area contributed by atoms with Crippen LogP contribution in [0.25, 0.3) is 0 Å². The van der Waals surface area contributed by atoms with Crippen LogP contribution in [0.2, 0.25) is 0 Å². The number of hydrogen-bond acceptors (Lipinski definition) is 5. The molecular weight excluding hydrogens is 220 g/mol. The number of nitrogen functional groups attached to an aromatic ring is 1. The molecule has 1 aliphatic rings. The molecule has 0 saturated carbocycles. The van der Waals surface area contributed by atoms with Gasteiger partial charge in [0, 0.05) is 18.2 Å². The Labute approximate surface area is 101 Å². The van der Waals surface area contributed by atoms with Crippen molar-refractivity contribution in [2.75, 3.05) is 30.7 Å². The predicted molar refractivity (Wildman–Crippen MR) is 70.0 cm³/mol. The van der Waals surface area contributed by atoms with Gasteiger partial charge in [-0.15, -0.1) is 0 Å². The second-order valence-corrected chi connectivity index (χ2v) is 5.27. The Morgan fingerprint density at radius 2 is 2.19 bits per heavy atom. The minimum absolute atomic E-state index is 0.588. The van der Waals surface area contributed by atoms with Crippen LogP contribution in [0.15, 0.2) is 0 Å². The maximum Gasteiger partial charge on any atom is 0.142 e. The number of aromatic nitrogens is 1. The number of nitrogens with one attached hydrogen (secondary N) is 1. The van der Waals surface area contributed by atoms with Crippen LogP contribution in [-0.4, -0.2) is 34.9 Å². The quantitative estimate of drug-likeness (QED) is 0.844. The monoisotopic (exact) mass is 240 g/mol. The van der Waals surface area contributed by atoms with Gasteiger partial charge in [0.25, 0.3) is 0 Å². The van der Waals surface area contributed by atoms with Crippen LogP contribution in [0.5, 0.6) is 0 Å². The van der Waals surface area contributed by atoms with Gasteiger partial charge in [0.05, 0.1) is 0 Å². The van der Waals surface area contributed by atoms with Crippen molar-refractivity contribution in [2.45, 2.75) is 32.7 Å². The Hall–Kier alpha value is -0.810. The van der Waals surface area contributed by atoms with E-state index in [0.29, 0.717) is 11.9 Å². The molecule has 1 aromatic rings. The molecule has 90 valence electrons. The number of likely N-dealkylation sites (tertiary alicyclic amines) is 1. The summed E-state index contributed by atoms with van der Waals surface area (Å²) >= 11 is 1.46. The summed E-state index contributed by atoms with van der Waals surface area (Å²) in [5.41, 5.74) is 6.80. The standard InChI is InChI=1S/C11H20N4S/c1-8(15-5-3-4-6-15)7-13-11-9(2)10(12)14-16-11/h8,13H,3-7H2,1-2H3,(H2,12,14). The molecule has 4 nitrogen and oxygen atoms in total. The molecule has 0 radical (unpaired) electrons. The second-order valence-electron chi connectivity index (χ2n) is 4.49. The van der Waals surface area contributed by atoms with Crippen LogP contribution in [0, 0.1) is 6.92 Å². The van der Waals surface area contributed by atoms with E-state index in [-0.39, 0.29) is 0 Å². The number of hydrogen-bond donors (Lipinski definition) is 2. The number of nitrogens with zero attached hydrogens (tertiary/aromatic N) is 2. The molecule has 1 atom stereocenters. The Balaban J connectivity index is 1.84. The summed E-state index contributed by atoms with van der Waals surface area (Å²) in [6.45, 7) is 7.75. The third-order valence-corrected chi connectivity index (χ3v) is 4.20. The topological polar surface area (TPSA) is 54.2 Å². The highest BCUT2D eigenvalue weighted by atomic mass is 32.1. The molecule has 1 saturated heterocycles. The lowest BCUT2D eigenvalue weighted by atomic mass is 10.3. The number of nitrogens with two attached hydrogens (primary N) is 1. The smallest absolute Gasteiger partial charge is 0.142 e. The Kier molecular flexibility index (Phi) is 3.66. The Morgan fingerprint density at radius 1 is 1.50 bits per heavy atom. The molecule has 3 N–H and O–H groups in total. The largest absolute Gasteiger partial charge is 0.383 e. The first-order valence-corrected chi connectivity index (χ1v) is 6.65. The Morgan fingerprint density at radius 3 is 2.75 bits per heavy atom.